The molecule has 0 amide bonds. The van der Waals surface area contributed by atoms with Crippen LogP contribution in [0.4, 0.5) is 0 Å². The van der Waals surface area contributed by atoms with E-state index in [0.717, 1.165) is 31.3 Å². The molecule has 0 N–H and O–H groups in total. The zero-order valence-electron chi connectivity index (χ0n) is 52.6. The highest BCUT2D eigenvalue weighted by atomic mass is 28.4. The van der Waals surface area contributed by atoms with Gasteiger partial charge in [0.25, 0.3) is 0 Å². The molecule has 0 aromatic heterocycles. The van der Waals surface area contributed by atoms with E-state index in [4.69, 9.17) is 33.4 Å². The molecule has 416 valence electrons. The third-order valence-electron chi connectivity index (χ3n) is 20.6. The molecule has 0 spiro atoms. The maximum Gasteiger partial charge on any atom is 0.193 e. The van der Waals surface area contributed by atoms with Gasteiger partial charge in [-0.1, -0.05) is 142 Å². The maximum atomic E-state index is 7.50. The van der Waals surface area contributed by atoms with Crippen molar-refractivity contribution < 1.29 is 26.9 Å². The Bertz CT molecular complexity index is 1830. The molecule has 11 heteroatoms. The molecule has 0 aromatic rings. The van der Waals surface area contributed by atoms with Crippen molar-refractivity contribution in [2.24, 2.45) is 23.2 Å². The molecule has 0 saturated heterocycles. The highest BCUT2D eigenvalue weighted by molar-refractivity contribution is 6.76. The highest BCUT2D eigenvalue weighted by Gasteiger charge is 2.53. The van der Waals surface area contributed by atoms with Gasteiger partial charge in [0.2, 0.25) is 0 Å². The van der Waals surface area contributed by atoms with Crippen molar-refractivity contribution in [2.75, 3.05) is 13.2 Å². The number of hydrogen-bond donors (Lipinski definition) is 0. The van der Waals surface area contributed by atoms with Crippen molar-refractivity contribution in [1.82, 2.24) is 0 Å². The Morgan fingerprint density at radius 3 is 1.65 bits per heavy atom. The minimum atomic E-state index is -2.25. The molecule has 3 aliphatic carbocycles. The highest BCUT2D eigenvalue weighted by Crippen LogP contribution is 2.60. The number of ether oxygens (including phenoxy) is 1. The molecule has 8 atom stereocenters. The summed E-state index contributed by atoms with van der Waals surface area (Å²) >= 11 is 0. The van der Waals surface area contributed by atoms with Crippen molar-refractivity contribution in [1.29, 1.82) is 0 Å². The molecule has 2 unspecified atom stereocenters. The van der Waals surface area contributed by atoms with E-state index in [9.17, 15) is 0 Å². The molecular weight excluding hydrogens is 957 g/mol. The predicted octanol–water partition coefficient (Wildman–Crippen LogP) is 19.2. The average molecular weight is 1080 g/mol. The van der Waals surface area contributed by atoms with Crippen LogP contribution in [0.5, 0.6) is 0 Å². The molecule has 0 aliphatic heterocycles. The van der Waals surface area contributed by atoms with Crippen LogP contribution in [-0.2, 0) is 26.9 Å². The van der Waals surface area contributed by atoms with Crippen LogP contribution in [-0.4, -0.2) is 84.8 Å². The lowest BCUT2D eigenvalue weighted by atomic mass is 9.60. The van der Waals surface area contributed by atoms with Gasteiger partial charge in [0, 0.05) is 19.6 Å². The Hall–Kier alpha value is 0.0644. The first kappa shape index (κ1) is 65.3. The fourth-order valence-electron chi connectivity index (χ4n) is 10.5. The Morgan fingerprint density at radius 2 is 1.14 bits per heavy atom. The Kier molecular flexibility index (Phi) is 21.0. The smallest absolute Gasteiger partial charge is 0.193 e. The third-order valence-corrected chi connectivity index (χ3v) is 43.3. The van der Waals surface area contributed by atoms with E-state index in [1.807, 2.05) is 0 Å². The zero-order chi connectivity index (χ0) is 55.2. The minimum absolute atomic E-state index is 0.0318. The molecule has 71 heavy (non-hydrogen) atoms. The van der Waals surface area contributed by atoms with Crippen molar-refractivity contribution >= 4 is 41.6 Å². The molecule has 0 radical (unpaired) electrons. The van der Waals surface area contributed by atoms with Gasteiger partial charge in [-0.2, -0.15) is 0 Å². The van der Waals surface area contributed by atoms with Gasteiger partial charge in [0.15, 0.2) is 41.6 Å². The Labute approximate surface area is 447 Å². The summed E-state index contributed by atoms with van der Waals surface area (Å²) in [5, 5.41) is 0.531. The summed E-state index contributed by atoms with van der Waals surface area (Å²) in [5.74, 6) is 1.88. The summed E-state index contributed by atoms with van der Waals surface area (Å²) in [5.41, 5.74) is 3.91. The first-order valence-corrected chi connectivity index (χ1v) is 43.2. The SMILES string of the molecule is C=C1/C(=C\C=C2/CCC[C@@]3(C)C2CCC3[C@H](C)CC[C@@H](O[Si](C)(C)C(C)(C)C)C(C)(C)O[Si](C)(C)C(C)(C)C)C[C@@H](O[Si](C)(C)C(C)(C)C)[C@@H](OCCCO[Si](C)(C)C(C)(C)C)[C@@H]1O[Si](C)(C)C(C)(C)C. The molecule has 3 fully saturated rings. The van der Waals surface area contributed by atoms with Gasteiger partial charge < -0.3 is 26.9 Å². The van der Waals surface area contributed by atoms with Crippen LogP contribution in [0.2, 0.25) is 90.7 Å². The van der Waals surface area contributed by atoms with Crippen molar-refractivity contribution in [3.05, 3.63) is 35.5 Å². The zero-order valence-corrected chi connectivity index (χ0v) is 57.6. The summed E-state index contributed by atoms with van der Waals surface area (Å²) in [4.78, 5) is 0. The second kappa shape index (κ2) is 22.8. The van der Waals surface area contributed by atoms with Gasteiger partial charge in [-0.05, 0) is 190 Å². The van der Waals surface area contributed by atoms with E-state index < -0.39 is 41.6 Å². The second-order valence-corrected chi connectivity index (χ2v) is 55.5. The average Bonchev–Trinajstić information content (AvgIpc) is 3.52. The van der Waals surface area contributed by atoms with Gasteiger partial charge in [-0.15, -0.1) is 0 Å². The molecule has 0 heterocycles. The normalized spacial score (nSPS) is 27.4. The summed E-state index contributed by atoms with van der Waals surface area (Å²) in [6.45, 7) is 75.2. The largest absolute Gasteiger partial charge is 0.417 e. The van der Waals surface area contributed by atoms with Gasteiger partial charge in [0.05, 0.1) is 23.9 Å². The Balaban J connectivity index is 2.01. The number of allylic oxidation sites excluding steroid dienone is 3. The molecule has 3 rings (SSSR count). The van der Waals surface area contributed by atoms with Crippen molar-refractivity contribution in [3.63, 3.8) is 0 Å². The topological polar surface area (TPSA) is 55.4 Å². The summed E-state index contributed by atoms with van der Waals surface area (Å²) < 4.78 is 43.4. The lowest BCUT2D eigenvalue weighted by Gasteiger charge is -2.49. The van der Waals surface area contributed by atoms with Crippen molar-refractivity contribution in [2.45, 2.75) is 310 Å². The van der Waals surface area contributed by atoms with Gasteiger partial charge in [0.1, 0.15) is 6.10 Å². The van der Waals surface area contributed by atoms with E-state index >= 15 is 0 Å². The maximum absolute atomic E-state index is 7.50. The second-order valence-electron chi connectivity index (χ2n) is 31.7. The van der Waals surface area contributed by atoms with Crippen LogP contribution in [0.3, 0.4) is 0 Å². The Morgan fingerprint density at radius 1 is 0.634 bits per heavy atom. The lowest BCUT2D eigenvalue weighted by Crippen LogP contribution is -2.57. The quantitative estimate of drug-likeness (QED) is 0.0895. The van der Waals surface area contributed by atoms with E-state index in [1.54, 1.807) is 5.57 Å². The van der Waals surface area contributed by atoms with Crippen LogP contribution >= 0.6 is 0 Å². The fraction of sp³-hybridized carbons (Fsp3) is 0.900. The molecule has 0 bridgehead atoms. The number of fused-ring (bicyclic) bond motifs is 1. The van der Waals surface area contributed by atoms with E-state index in [-0.39, 0.29) is 60.6 Å². The molecule has 6 nitrogen and oxygen atoms in total. The van der Waals surface area contributed by atoms with Gasteiger partial charge >= 0.3 is 0 Å². The lowest BCUT2D eigenvalue weighted by molar-refractivity contribution is -0.0879. The molecule has 3 saturated carbocycles. The van der Waals surface area contributed by atoms with Crippen LogP contribution < -0.4 is 0 Å². The van der Waals surface area contributed by atoms with E-state index in [2.05, 4.69) is 209 Å². The fourth-order valence-corrected chi connectivity index (χ4v) is 17.4. The first-order valence-electron chi connectivity index (χ1n) is 28.6. The molecule has 0 aromatic carbocycles. The first-order chi connectivity index (χ1) is 31.6. The van der Waals surface area contributed by atoms with Crippen LogP contribution in [0, 0.1) is 23.2 Å². The standard InChI is InChI=1S/C60H120O6Si5/c1-44(34-39-51(64-69(25,26)56(9,10)11)59(18,19)66-71(29,30)58(15,16)17)48-37-38-49-46(33-31-40-60(48,49)20)35-36-47-43-50(63-68(23,24)55(6,7)8)53(52(45(47)2)65-70(27,28)57(12,13)14)61-41-32-42-62-67(21,22)54(3,4)5/h35-36,44,48-53H,2,31-34,37-43H2,1,3-30H3/b46-35+,47-36-/t44-,48?,49?,50-,51-,52-,53-,60-/m1/s1. The summed E-state index contributed by atoms with van der Waals surface area (Å²) in [6, 6.07) is 0. The number of rotatable bonds is 20. The molecule has 3 aliphatic rings. The summed E-state index contributed by atoms with van der Waals surface area (Å²) in [6.07, 6.45) is 14.6. The predicted molar refractivity (Wildman–Crippen MR) is 323 cm³/mol. The third kappa shape index (κ3) is 15.9. The van der Waals surface area contributed by atoms with Gasteiger partial charge in [-0.3, -0.25) is 0 Å². The summed E-state index contributed by atoms with van der Waals surface area (Å²) in [7, 11) is -10.4. The minimum Gasteiger partial charge on any atom is -0.417 e. The van der Waals surface area contributed by atoms with E-state index in [0.29, 0.717) is 31.0 Å². The van der Waals surface area contributed by atoms with Crippen molar-refractivity contribution in [3.8, 4) is 0 Å². The van der Waals surface area contributed by atoms with Crippen LogP contribution in [0.25, 0.3) is 0 Å². The van der Waals surface area contributed by atoms with Crippen LogP contribution in [0.1, 0.15) is 189 Å². The van der Waals surface area contributed by atoms with Gasteiger partial charge in [-0.25, -0.2) is 0 Å². The molecular formula is C60H120O6Si5. The number of hydrogen-bond acceptors (Lipinski definition) is 6. The van der Waals surface area contributed by atoms with Crippen LogP contribution in [0.15, 0.2) is 35.5 Å². The monoisotopic (exact) mass is 1080 g/mol. The van der Waals surface area contributed by atoms with E-state index in [1.165, 1.54) is 37.7 Å².